The Balaban J connectivity index is 1.33. The normalized spacial score (nSPS) is 18.2. The highest BCUT2D eigenvalue weighted by atomic mass is 35.5. The first-order valence-corrected chi connectivity index (χ1v) is 11.2. The van der Waals surface area contributed by atoms with Gasteiger partial charge in [0.15, 0.2) is 0 Å². The number of anilines is 1. The average Bonchev–Trinajstić information content (AvgIpc) is 3.52. The van der Waals surface area contributed by atoms with Crippen LogP contribution in [0.2, 0.25) is 5.02 Å². The number of rotatable bonds is 6. The van der Waals surface area contributed by atoms with Gasteiger partial charge in [0.1, 0.15) is 0 Å². The summed E-state index contributed by atoms with van der Waals surface area (Å²) in [7, 11) is 0. The predicted octanol–water partition coefficient (Wildman–Crippen LogP) is 5.92. The monoisotopic (exact) mass is 437 g/mol. The SMILES string of the molecule is O=C(O)CCC1Cc2cc(-c3noc(-c4ccc(C5CCCC5)c(Cl)c4)n3)ccc2N1. The zero-order valence-corrected chi connectivity index (χ0v) is 17.9. The fourth-order valence-corrected chi connectivity index (χ4v) is 5.07. The van der Waals surface area contributed by atoms with Crippen LogP contribution in [0.25, 0.3) is 22.8 Å². The minimum atomic E-state index is -0.769. The molecule has 1 atom stereocenters. The maximum Gasteiger partial charge on any atom is 0.303 e. The summed E-state index contributed by atoms with van der Waals surface area (Å²) in [4.78, 5) is 15.4. The van der Waals surface area contributed by atoms with E-state index in [1.54, 1.807) is 0 Å². The second-order valence-corrected chi connectivity index (χ2v) is 8.90. The van der Waals surface area contributed by atoms with Gasteiger partial charge < -0.3 is 14.9 Å². The van der Waals surface area contributed by atoms with Crippen molar-refractivity contribution in [3.63, 3.8) is 0 Å². The third-order valence-electron chi connectivity index (χ3n) is 6.36. The molecule has 2 aromatic carbocycles. The van der Waals surface area contributed by atoms with Crippen LogP contribution >= 0.6 is 11.6 Å². The van der Waals surface area contributed by atoms with Gasteiger partial charge in [0.25, 0.3) is 5.89 Å². The molecule has 1 unspecified atom stereocenters. The summed E-state index contributed by atoms with van der Waals surface area (Å²) in [5.41, 5.74) is 5.09. The lowest BCUT2D eigenvalue weighted by atomic mass is 9.96. The van der Waals surface area contributed by atoms with Crippen LogP contribution in [0.4, 0.5) is 5.69 Å². The zero-order chi connectivity index (χ0) is 21.4. The van der Waals surface area contributed by atoms with Crippen molar-refractivity contribution < 1.29 is 14.4 Å². The number of benzene rings is 2. The highest BCUT2D eigenvalue weighted by Crippen LogP contribution is 2.39. The van der Waals surface area contributed by atoms with E-state index in [9.17, 15) is 4.79 Å². The number of hydrogen-bond donors (Lipinski definition) is 2. The zero-order valence-electron chi connectivity index (χ0n) is 17.1. The van der Waals surface area contributed by atoms with Gasteiger partial charge in [0, 0.05) is 34.3 Å². The molecule has 1 saturated carbocycles. The molecule has 0 radical (unpaired) electrons. The van der Waals surface area contributed by atoms with E-state index in [-0.39, 0.29) is 12.5 Å². The van der Waals surface area contributed by atoms with E-state index in [1.807, 2.05) is 30.3 Å². The van der Waals surface area contributed by atoms with Crippen LogP contribution < -0.4 is 5.32 Å². The van der Waals surface area contributed by atoms with E-state index in [0.717, 1.165) is 33.8 Å². The summed E-state index contributed by atoms with van der Waals surface area (Å²) in [5.74, 6) is 0.768. The summed E-state index contributed by atoms with van der Waals surface area (Å²) in [6.45, 7) is 0. The van der Waals surface area contributed by atoms with Crippen LogP contribution in [-0.4, -0.2) is 27.3 Å². The molecular formula is C24H24ClN3O3. The molecule has 1 aliphatic carbocycles. The first-order valence-electron chi connectivity index (χ1n) is 10.8. The van der Waals surface area contributed by atoms with Crippen LogP contribution in [0.1, 0.15) is 55.6 Å². The number of carboxylic acids is 1. The van der Waals surface area contributed by atoms with Gasteiger partial charge in [-0.2, -0.15) is 4.98 Å². The summed E-state index contributed by atoms with van der Waals surface area (Å²) in [6, 6.07) is 12.2. The lowest BCUT2D eigenvalue weighted by molar-refractivity contribution is -0.137. The topological polar surface area (TPSA) is 88.2 Å². The lowest BCUT2D eigenvalue weighted by Gasteiger charge is -2.11. The van der Waals surface area contributed by atoms with Gasteiger partial charge in [-0.05, 0) is 73.1 Å². The van der Waals surface area contributed by atoms with Crippen molar-refractivity contribution >= 4 is 23.3 Å². The number of carboxylic acid groups (broad SMARTS) is 1. The van der Waals surface area contributed by atoms with E-state index in [2.05, 4.69) is 21.5 Å². The van der Waals surface area contributed by atoms with Crippen molar-refractivity contribution in [3.05, 3.63) is 52.5 Å². The molecular weight excluding hydrogens is 414 g/mol. The molecule has 1 aromatic heterocycles. The molecule has 2 aliphatic rings. The molecule has 0 amide bonds. The van der Waals surface area contributed by atoms with E-state index in [4.69, 9.17) is 21.2 Å². The molecule has 1 aliphatic heterocycles. The second kappa shape index (κ2) is 8.35. The van der Waals surface area contributed by atoms with Crippen LogP contribution in [0.5, 0.6) is 0 Å². The van der Waals surface area contributed by atoms with Gasteiger partial charge in [-0.1, -0.05) is 35.7 Å². The Morgan fingerprint density at radius 1 is 1.16 bits per heavy atom. The van der Waals surface area contributed by atoms with Crippen molar-refractivity contribution in [2.24, 2.45) is 0 Å². The highest BCUT2D eigenvalue weighted by Gasteiger charge is 2.23. The quantitative estimate of drug-likeness (QED) is 0.497. The summed E-state index contributed by atoms with van der Waals surface area (Å²) >= 11 is 6.57. The molecule has 7 heteroatoms. The third-order valence-corrected chi connectivity index (χ3v) is 6.69. The number of fused-ring (bicyclic) bond motifs is 1. The second-order valence-electron chi connectivity index (χ2n) is 8.49. The number of hydrogen-bond acceptors (Lipinski definition) is 5. The number of nitrogens with one attached hydrogen (secondary N) is 1. The molecule has 0 spiro atoms. The molecule has 3 aromatic rings. The van der Waals surface area contributed by atoms with E-state index < -0.39 is 5.97 Å². The maximum atomic E-state index is 10.8. The molecule has 2 N–H and O–H groups in total. The number of aromatic nitrogens is 2. The predicted molar refractivity (Wildman–Crippen MR) is 119 cm³/mol. The molecule has 0 bridgehead atoms. The fraction of sp³-hybridized carbons (Fsp3) is 0.375. The molecule has 5 rings (SSSR count). The Labute approximate surface area is 185 Å². The Morgan fingerprint density at radius 3 is 2.74 bits per heavy atom. The minimum Gasteiger partial charge on any atom is -0.481 e. The molecule has 0 saturated heterocycles. The Morgan fingerprint density at radius 2 is 1.97 bits per heavy atom. The van der Waals surface area contributed by atoms with Crippen LogP contribution in [0, 0.1) is 0 Å². The van der Waals surface area contributed by atoms with Crippen molar-refractivity contribution in [1.82, 2.24) is 10.1 Å². The van der Waals surface area contributed by atoms with Crippen LogP contribution in [-0.2, 0) is 11.2 Å². The maximum absolute atomic E-state index is 10.8. The number of carbonyl (C=O) groups is 1. The van der Waals surface area contributed by atoms with Crippen molar-refractivity contribution in [3.8, 4) is 22.8 Å². The molecule has 160 valence electrons. The van der Waals surface area contributed by atoms with E-state index in [0.29, 0.717) is 24.1 Å². The van der Waals surface area contributed by atoms with Crippen molar-refractivity contribution in [1.29, 1.82) is 0 Å². The first kappa shape index (κ1) is 20.1. The smallest absolute Gasteiger partial charge is 0.303 e. The summed E-state index contributed by atoms with van der Waals surface area (Å²) in [6.07, 6.45) is 6.50. The van der Waals surface area contributed by atoms with Gasteiger partial charge in [-0.3, -0.25) is 4.79 Å². The van der Waals surface area contributed by atoms with Gasteiger partial charge in [-0.25, -0.2) is 0 Å². The molecule has 6 nitrogen and oxygen atoms in total. The van der Waals surface area contributed by atoms with Crippen molar-refractivity contribution in [2.75, 3.05) is 5.32 Å². The fourth-order valence-electron chi connectivity index (χ4n) is 4.74. The Kier molecular flexibility index (Phi) is 5.40. The summed E-state index contributed by atoms with van der Waals surface area (Å²) < 4.78 is 5.53. The minimum absolute atomic E-state index is 0.141. The van der Waals surface area contributed by atoms with Crippen LogP contribution in [0.3, 0.4) is 0 Å². The van der Waals surface area contributed by atoms with Gasteiger partial charge in [0.2, 0.25) is 5.82 Å². The number of aliphatic carboxylic acids is 1. The number of nitrogens with zero attached hydrogens (tertiary/aromatic N) is 2. The van der Waals surface area contributed by atoms with Gasteiger partial charge in [0.05, 0.1) is 0 Å². The van der Waals surface area contributed by atoms with E-state index >= 15 is 0 Å². The Bertz CT molecular complexity index is 1120. The summed E-state index contributed by atoms with van der Waals surface area (Å²) in [5, 5.41) is 17.2. The van der Waals surface area contributed by atoms with Gasteiger partial charge >= 0.3 is 5.97 Å². The van der Waals surface area contributed by atoms with Gasteiger partial charge in [-0.15, -0.1) is 0 Å². The average molecular weight is 438 g/mol. The highest BCUT2D eigenvalue weighted by molar-refractivity contribution is 6.31. The largest absolute Gasteiger partial charge is 0.481 e. The third kappa shape index (κ3) is 4.17. The van der Waals surface area contributed by atoms with Crippen molar-refractivity contribution in [2.45, 2.75) is 56.9 Å². The Hall–Kier alpha value is -2.86. The number of halogens is 1. The molecule has 31 heavy (non-hydrogen) atoms. The van der Waals surface area contributed by atoms with E-state index in [1.165, 1.54) is 31.2 Å². The first-order chi connectivity index (χ1) is 15.1. The lowest BCUT2D eigenvalue weighted by Crippen LogP contribution is -2.16. The van der Waals surface area contributed by atoms with Crippen LogP contribution in [0.15, 0.2) is 40.9 Å². The molecule has 1 fully saturated rings. The standard InChI is InChI=1S/C24H24ClN3O3/c25-20-13-16(5-8-19(20)14-3-1-2-4-14)24-27-23(28-31-24)15-6-9-21-17(11-15)12-18(26-21)7-10-22(29)30/h5-6,8-9,11,13-14,18,26H,1-4,7,10,12H2,(H,29,30). The molecule has 2 heterocycles.